The van der Waals surface area contributed by atoms with Crippen LogP contribution < -0.4 is 15.4 Å². The molecule has 2 rings (SSSR count). The van der Waals surface area contributed by atoms with E-state index in [1.165, 1.54) is 0 Å². The van der Waals surface area contributed by atoms with Crippen molar-refractivity contribution in [2.24, 2.45) is 4.99 Å². The molecule has 0 unspecified atom stereocenters. The van der Waals surface area contributed by atoms with Crippen LogP contribution in [0.5, 0.6) is 5.75 Å². The summed E-state index contributed by atoms with van der Waals surface area (Å²) < 4.78 is 21.2. The zero-order valence-electron chi connectivity index (χ0n) is 16.5. The highest BCUT2D eigenvalue weighted by Crippen LogP contribution is 2.11. The van der Waals surface area contributed by atoms with Crippen LogP contribution in [-0.2, 0) is 22.5 Å². The van der Waals surface area contributed by atoms with E-state index in [2.05, 4.69) is 15.6 Å². The first-order chi connectivity index (χ1) is 13.3. The van der Waals surface area contributed by atoms with E-state index in [-0.39, 0.29) is 24.0 Å². The predicted octanol–water partition coefficient (Wildman–Crippen LogP) is 2.85. The van der Waals surface area contributed by atoms with Crippen LogP contribution in [0.15, 0.2) is 52.1 Å². The van der Waals surface area contributed by atoms with E-state index in [4.69, 9.17) is 18.6 Å². The maximum absolute atomic E-state index is 5.69. The Morgan fingerprint density at radius 2 is 1.82 bits per heavy atom. The Morgan fingerprint density at radius 1 is 1.04 bits per heavy atom. The van der Waals surface area contributed by atoms with Crippen LogP contribution in [0.4, 0.5) is 0 Å². The van der Waals surface area contributed by atoms with E-state index in [9.17, 15) is 0 Å². The van der Waals surface area contributed by atoms with Gasteiger partial charge < -0.3 is 29.3 Å². The molecule has 8 heteroatoms. The summed E-state index contributed by atoms with van der Waals surface area (Å²) in [4.78, 5) is 4.54. The number of halogens is 1. The number of methoxy groups -OCH3 is 2. The summed E-state index contributed by atoms with van der Waals surface area (Å²) in [5, 5.41) is 6.53. The molecule has 0 bridgehead atoms. The van der Waals surface area contributed by atoms with E-state index in [1.54, 1.807) is 20.5 Å². The fourth-order valence-corrected chi connectivity index (χ4v) is 2.34. The lowest BCUT2D eigenvalue weighted by Gasteiger charge is -2.12. The van der Waals surface area contributed by atoms with Gasteiger partial charge >= 0.3 is 0 Å². The van der Waals surface area contributed by atoms with Crippen molar-refractivity contribution in [1.29, 1.82) is 0 Å². The van der Waals surface area contributed by atoms with Crippen molar-refractivity contribution in [3.63, 3.8) is 0 Å². The summed E-state index contributed by atoms with van der Waals surface area (Å²) >= 11 is 0. The second-order valence-electron chi connectivity index (χ2n) is 5.81. The van der Waals surface area contributed by atoms with Gasteiger partial charge in [0.05, 0.1) is 39.7 Å². The zero-order valence-corrected chi connectivity index (χ0v) is 18.8. The SMILES string of the molecule is COCCNC(=NCCOCc1ccc(OC)cc1)NCCc1ccco1.I. The second kappa shape index (κ2) is 15.2. The number of hydrogen-bond donors (Lipinski definition) is 2. The molecule has 1 heterocycles. The highest BCUT2D eigenvalue weighted by atomic mass is 127. The molecule has 0 saturated heterocycles. The Bertz CT molecular complexity index is 648. The average molecular weight is 503 g/mol. The number of nitrogens with zero attached hydrogens (tertiary/aromatic N) is 1. The van der Waals surface area contributed by atoms with Gasteiger partial charge in [-0.1, -0.05) is 12.1 Å². The van der Waals surface area contributed by atoms with E-state index in [0.717, 1.165) is 36.0 Å². The minimum Gasteiger partial charge on any atom is -0.497 e. The van der Waals surface area contributed by atoms with Crippen LogP contribution in [0.3, 0.4) is 0 Å². The molecule has 0 aliphatic rings. The molecule has 2 N–H and O–H groups in total. The average Bonchev–Trinajstić information content (AvgIpc) is 3.21. The summed E-state index contributed by atoms with van der Waals surface area (Å²) in [6, 6.07) is 11.7. The van der Waals surface area contributed by atoms with E-state index >= 15 is 0 Å². The monoisotopic (exact) mass is 503 g/mol. The molecule has 0 radical (unpaired) electrons. The van der Waals surface area contributed by atoms with Gasteiger partial charge in [0.2, 0.25) is 0 Å². The lowest BCUT2D eigenvalue weighted by molar-refractivity contribution is 0.128. The van der Waals surface area contributed by atoms with E-state index in [0.29, 0.717) is 32.9 Å². The minimum absolute atomic E-state index is 0. The molecule has 0 atom stereocenters. The summed E-state index contributed by atoms with van der Waals surface area (Å²) in [5.41, 5.74) is 1.11. The second-order valence-corrected chi connectivity index (χ2v) is 5.81. The largest absolute Gasteiger partial charge is 0.497 e. The Labute approximate surface area is 183 Å². The molecule has 0 aliphatic heterocycles. The third kappa shape index (κ3) is 9.95. The summed E-state index contributed by atoms with van der Waals surface area (Å²) in [7, 11) is 3.33. The Hall–Kier alpha value is -1.78. The molecule has 0 fully saturated rings. The smallest absolute Gasteiger partial charge is 0.191 e. The molecule has 0 aliphatic carbocycles. The molecule has 156 valence electrons. The zero-order chi connectivity index (χ0) is 19.2. The van der Waals surface area contributed by atoms with Crippen LogP contribution in [-0.4, -0.2) is 53.0 Å². The molecule has 1 aromatic carbocycles. The van der Waals surface area contributed by atoms with Crippen molar-refractivity contribution < 1.29 is 18.6 Å². The van der Waals surface area contributed by atoms with Gasteiger partial charge in [-0.3, -0.25) is 4.99 Å². The highest BCUT2D eigenvalue weighted by Gasteiger charge is 2.00. The lowest BCUT2D eigenvalue weighted by Crippen LogP contribution is -2.40. The van der Waals surface area contributed by atoms with Crippen LogP contribution in [0, 0.1) is 0 Å². The van der Waals surface area contributed by atoms with Crippen molar-refractivity contribution in [3.05, 3.63) is 54.0 Å². The molecule has 7 nitrogen and oxygen atoms in total. The van der Waals surface area contributed by atoms with Gasteiger partial charge in [0.1, 0.15) is 11.5 Å². The van der Waals surface area contributed by atoms with Gasteiger partial charge in [0, 0.05) is 26.6 Å². The van der Waals surface area contributed by atoms with E-state index in [1.807, 2.05) is 36.4 Å². The lowest BCUT2D eigenvalue weighted by atomic mass is 10.2. The Kier molecular flexibility index (Phi) is 13.2. The predicted molar refractivity (Wildman–Crippen MR) is 121 cm³/mol. The molecule has 28 heavy (non-hydrogen) atoms. The minimum atomic E-state index is 0. The molecule has 2 aromatic rings. The van der Waals surface area contributed by atoms with Crippen molar-refractivity contribution in [2.75, 3.05) is 47.1 Å². The number of nitrogens with one attached hydrogen (secondary N) is 2. The summed E-state index contributed by atoms with van der Waals surface area (Å²) in [6.07, 6.45) is 2.48. The number of hydrogen-bond acceptors (Lipinski definition) is 5. The molecular weight excluding hydrogens is 473 g/mol. The van der Waals surface area contributed by atoms with Crippen LogP contribution in [0.2, 0.25) is 0 Å². The number of furan rings is 1. The van der Waals surface area contributed by atoms with Crippen LogP contribution in [0.25, 0.3) is 0 Å². The van der Waals surface area contributed by atoms with Gasteiger partial charge in [-0.05, 0) is 29.8 Å². The standard InChI is InChI=1S/C20H29N3O4.HI/c1-24-14-11-22-20(21-10-9-19-4-3-13-27-19)23-12-15-26-16-17-5-7-18(25-2)8-6-17;/h3-8,13H,9-12,14-16H2,1-2H3,(H2,21,22,23);1H. The van der Waals surface area contributed by atoms with Crippen LogP contribution >= 0.6 is 24.0 Å². The first-order valence-electron chi connectivity index (χ1n) is 9.06. The maximum atomic E-state index is 5.69. The van der Waals surface area contributed by atoms with Crippen molar-refractivity contribution >= 4 is 29.9 Å². The van der Waals surface area contributed by atoms with Crippen molar-refractivity contribution in [3.8, 4) is 5.75 Å². The molecule has 1 aromatic heterocycles. The first-order valence-corrected chi connectivity index (χ1v) is 9.06. The molecular formula is C20H30IN3O4. The molecule has 0 amide bonds. The number of aliphatic imine (C=N–C) groups is 1. The van der Waals surface area contributed by atoms with Gasteiger partial charge in [0.15, 0.2) is 5.96 Å². The van der Waals surface area contributed by atoms with Gasteiger partial charge in [-0.15, -0.1) is 24.0 Å². The third-order valence-corrected chi connectivity index (χ3v) is 3.78. The van der Waals surface area contributed by atoms with Crippen LogP contribution in [0.1, 0.15) is 11.3 Å². The normalized spacial score (nSPS) is 11.0. The fourth-order valence-electron chi connectivity index (χ4n) is 2.34. The number of ether oxygens (including phenoxy) is 3. The summed E-state index contributed by atoms with van der Waals surface area (Å²) in [6.45, 7) is 3.71. The maximum Gasteiger partial charge on any atom is 0.191 e. The fraction of sp³-hybridized carbons (Fsp3) is 0.450. The third-order valence-electron chi connectivity index (χ3n) is 3.78. The summed E-state index contributed by atoms with van der Waals surface area (Å²) in [5.74, 6) is 2.53. The van der Waals surface area contributed by atoms with Gasteiger partial charge in [-0.2, -0.15) is 0 Å². The number of benzene rings is 1. The first kappa shape index (κ1) is 24.3. The highest BCUT2D eigenvalue weighted by molar-refractivity contribution is 14.0. The van der Waals surface area contributed by atoms with Crippen molar-refractivity contribution in [1.82, 2.24) is 10.6 Å². The molecule has 0 saturated carbocycles. The Balaban J connectivity index is 0.00000392. The van der Waals surface area contributed by atoms with Gasteiger partial charge in [-0.25, -0.2) is 0 Å². The Morgan fingerprint density at radius 3 is 2.50 bits per heavy atom. The molecule has 0 spiro atoms. The van der Waals surface area contributed by atoms with Gasteiger partial charge in [0.25, 0.3) is 0 Å². The quantitative estimate of drug-likeness (QED) is 0.201. The number of rotatable bonds is 12. The number of guanidine groups is 1. The van der Waals surface area contributed by atoms with E-state index < -0.39 is 0 Å². The topological polar surface area (TPSA) is 77.2 Å². The van der Waals surface area contributed by atoms with Crippen molar-refractivity contribution in [2.45, 2.75) is 13.0 Å².